The predicted octanol–water partition coefficient (Wildman–Crippen LogP) is 5.32. The molecule has 0 aliphatic carbocycles. The average Bonchev–Trinajstić information content (AvgIpc) is 2.71. The lowest BCUT2D eigenvalue weighted by atomic mass is 9.98. The highest BCUT2D eigenvalue weighted by Gasteiger charge is 2.18. The number of thiophene rings is 1. The normalized spacial score (nSPS) is 12.6. The minimum Gasteiger partial charge on any atom is -0.309 e. The second-order valence-corrected chi connectivity index (χ2v) is 6.78. The summed E-state index contributed by atoms with van der Waals surface area (Å²) in [5, 5.41) is 3.32. The number of hydrogen-bond donors (Lipinski definition) is 1. The highest BCUT2D eigenvalue weighted by atomic mass is 35.5. The van der Waals surface area contributed by atoms with Crippen molar-refractivity contribution >= 4 is 34.5 Å². The summed E-state index contributed by atoms with van der Waals surface area (Å²) in [5.41, 5.74) is 3.63. The van der Waals surface area contributed by atoms with Crippen LogP contribution in [0.5, 0.6) is 0 Å². The maximum atomic E-state index is 6.26. The van der Waals surface area contributed by atoms with Crippen molar-refractivity contribution in [2.24, 2.45) is 0 Å². The van der Waals surface area contributed by atoms with E-state index in [1.807, 2.05) is 13.1 Å². The lowest BCUT2D eigenvalue weighted by molar-refractivity contribution is 0.693. The van der Waals surface area contributed by atoms with E-state index in [1.165, 1.54) is 22.5 Å². The van der Waals surface area contributed by atoms with Gasteiger partial charge in [-0.2, -0.15) is 0 Å². The Labute approximate surface area is 128 Å². The number of aryl methyl sites for hydroxylation is 1. The fraction of sp³-hybridized carbons (Fsp3) is 0.333. The molecule has 1 nitrogen and oxygen atoms in total. The Morgan fingerprint density at radius 1 is 1.26 bits per heavy atom. The summed E-state index contributed by atoms with van der Waals surface area (Å²) in [4.78, 5) is 0. The van der Waals surface area contributed by atoms with Gasteiger partial charge in [0.1, 0.15) is 0 Å². The Hall–Kier alpha value is -0.540. The third-order valence-corrected chi connectivity index (χ3v) is 4.62. The molecule has 4 heteroatoms. The second kappa shape index (κ2) is 6.76. The topological polar surface area (TPSA) is 12.0 Å². The lowest BCUT2D eigenvalue weighted by Crippen LogP contribution is -2.17. The molecule has 1 unspecified atom stereocenters. The van der Waals surface area contributed by atoms with Crippen LogP contribution in [0.1, 0.15) is 36.1 Å². The van der Waals surface area contributed by atoms with Crippen molar-refractivity contribution in [3.63, 3.8) is 0 Å². The molecule has 0 saturated carbocycles. The summed E-state index contributed by atoms with van der Waals surface area (Å²) >= 11 is 13.7. The molecule has 1 atom stereocenters. The van der Waals surface area contributed by atoms with Crippen LogP contribution in [-0.2, 0) is 6.42 Å². The molecule has 1 aromatic carbocycles. The molecule has 0 aliphatic heterocycles. The first kappa shape index (κ1) is 14.9. The highest BCUT2D eigenvalue weighted by molar-refractivity contribution is 7.20. The zero-order chi connectivity index (χ0) is 13.8. The van der Waals surface area contributed by atoms with Gasteiger partial charge in [0, 0.05) is 5.56 Å². The maximum absolute atomic E-state index is 6.26. The first-order valence-electron chi connectivity index (χ1n) is 6.36. The monoisotopic (exact) mass is 313 g/mol. The van der Waals surface area contributed by atoms with Crippen molar-refractivity contribution in [2.75, 3.05) is 7.05 Å². The van der Waals surface area contributed by atoms with E-state index in [-0.39, 0.29) is 6.04 Å². The third kappa shape index (κ3) is 3.51. The zero-order valence-electron chi connectivity index (χ0n) is 11.0. The van der Waals surface area contributed by atoms with Crippen LogP contribution in [-0.4, -0.2) is 7.05 Å². The van der Waals surface area contributed by atoms with Gasteiger partial charge in [0.25, 0.3) is 0 Å². The number of halogens is 2. The summed E-state index contributed by atoms with van der Waals surface area (Å²) in [6.45, 7) is 2.19. The Kier molecular flexibility index (Phi) is 5.28. The number of benzene rings is 1. The van der Waals surface area contributed by atoms with E-state index in [0.29, 0.717) is 0 Å². The first-order chi connectivity index (χ1) is 9.15. The molecule has 0 bridgehead atoms. The third-order valence-electron chi connectivity index (χ3n) is 3.11. The van der Waals surface area contributed by atoms with Gasteiger partial charge >= 0.3 is 0 Å². The molecule has 0 amide bonds. The number of hydrogen-bond acceptors (Lipinski definition) is 2. The fourth-order valence-electron chi connectivity index (χ4n) is 2.27. The van der Waals surface area contributed by atoms with Crippen molar-refractivity contribution in [3.05, 3.63) is 55.7 Å². The average molecular weight is 314 g/mol. The van der Waals surface area contributed by atoms with E-state index in [4.69, 9.17) is 23.2 Å². The van der Waals surface area contributed by atoms with Crippen molar-refractivity contribution in [1.82, 2.24) is 5.32 Å². The lowest BCUT2D eigenvalue weighted by Gasteiger charge is -2.17. The smallest absolute Gasteiger partial charge is 0.0995 e. The van der Waals surface area contributed by atoms with Crippen molar-refractivity contribution < 1.29 is 0 Å². The van der Waals surface area contributed by atoms with Crippen molar-refractivity contribution in [1.29, 1.82) is 0 Å². The predicted molar refractivity (Wildman–Crippen MR) is 85.7 cm³/mol. The summed E-state index contributed by atoms with van der Waals surface area (Å²) in [6.07, 6.45) is 2.25. The van der Waals surface area contributed by atoms with Gasteiger partial charge in [-0.1, -0.05) is 60.8 Å². The van der Waals surface area contributed by atoms with E-state index in [1.54, 1.807) is 0 Å². The van der Waals surface area contributed by atoms with Crippen LogP contribution in [0.4, 0.5) is 0 Å². The summed E-state index contributed by atoms with van der Waals surface area (Å²) in [6, 6.07) is 10.7. The molecule has 0 aliphatic rings. The molecule has 102 valence electrons. The van der Waals surface area contributed by atoms with Gasteiger partial charge in [-0.3, -0.25) is 0 Å². The number of nitrogens with one attached hydrogen (secondary N) is 1. The van der Waals surface area contributed by atoms with Crippen LogP contribution in [0.2, 0.25) is 8.67 Å². The van der Waals surface area contributed by atoms with E-state index in [0.717, 1.165) is 27.1 Å². The van der Waals surface area contributed by atoms with E-state index >= 15 is 0 Å². The molecule has 1 aromatic heterocycles. The SMILES string of the molecule is CCCc1cccc(C(NC)c2cc(Cl)sc2Cl)c1. The molecule has 1 heterocycles. The van der Waals surface area contributed by atoms with Gasteiger partial charge in [0.2, 0.25) is 0 Å². The van der Waals surface area contributed by atoms with Gasteiger partial charge < -0.3 is 5.32 Å². The van der Waals surface area contributed by atoms with Gasteiger partial charge in [-0.25, -0.2) is 0 Å². The Morgan fingerprint density at radius 3 is 2.63 bits per heavy atom. The molecular formula is C15H17Cl2NS. The van der Waals surface area contributed by atoms with Crippen molar-refractivity contribution in [2.45, 2.75) is 25.8 Å². The van der Waals surface area contributed by atoms with E-state index in [9.17, 15) is 0 Å². The van der Waals surface area contributed by atoms with E-state index in [2.05, 4.69) is 36.5 Å². The summed E-state index contributed by atoms with van der Waals surface area (Å²) < 4.78 is 1.48. The van der Waals surface area contributed by atoms with Crippen LogP contribution >= 0.6 is 34.5 Å². The Morgan fingerprint density at radius 2 is 2.05 bits per heavy atom. The minimum absolute atomic E-state index is 0.0908. The minimum atomic E-state index is 0.0908. The second-order valence-electron chi connectivity index (χ2n) is 4.50. The maximum Gasteiger partial charge on any atom is 0.0995 e. The number of rotatable bonds is 5. The largest absolute Gasteiger partial charge is 0.309 e. The molecule has 0 saturated heterocycles. The van der Waals surface area contributed by atoms with Crippen LogP contribution in [0.3, 0.4) is 0 Å². The standard InChI is InChI=1S/C15H17Cl2NS/c1-3-5-10-6-4-7-11(8-10)14(18-2)12-9-13(16)19-15(12)17/h4,6-9,14,18H,3,5H2,1-2H3. The van der Waals surface area contributed by atoms with Gasteiger partial charge in [0.15, 0.2) is 0 Å². The Bertz CT molecular complexity index is 551. The van der Waals surface area contributed by atoms with Crippen LogP contribution < -0.4 is 5.32 Å². The van der Waals surface area contributed by atoms with Gasteiger partial charge in [0.05, 0.1) is 14.7 Å². The van der Waals surface area contributed by atoms with Crippen LogP contribution in [0.25, 0.3) is 0 Å². The molecular weight excluding hydrogens is 297 g/mol. The molecule has 2 rings (SSSR count). The Balaban J connectivity index is 2.36. The zero-order valence-corrected chi connectivity index (χ0v) is 13.4. The van der Waals surface area contributed by atoms with Crippen LogP contribution in [0.15, 0.2) is 30.3 Å². The molecule has 0 radical (unpaired) electrons. The molecule has 1 N–H and O–H groups in total. The van der Waals surface area contributed by atoms with Gasteiger partial charge in [-0.15, -0.1) is 11.3 Å². The summed E-state index contributed by atoms with van der Waals surface area (Å²) in [5.74, 6) is 0. The molecule has 0 spiro atoms. The van der Waals surface area contributed by atoms with Gasteiger partial charge in [-0.05, 0) is 30.7 Å². The summed E-state index contributed by atoms with van der Waals surface area (Å²) in [7, 11) is 1.94. The van der Waals surface area contributed by atoms with Crippen LogP contribution in [0, 0.1) is 0 Å². The molecule has 2 aromatic rings. The van der Waals surface area contributed by atoms with E-state index < -0.39 is 0 Å². The fourth-order valence-corrected chi connectivity index (χ4v) is 3.80. The molecule has 0 fully saturated rings. The molecule has 19 heavy (non-hydrogen) atoms. The quantitative estimate of drug-likeness (QED) is 0.788. The van der Waals surface area contributed by atoms with Crippen molar-refractivity contribution in [3.8, 4) is 0 Å². The highest BCUT2D eigenvalue weighted by Crippen LogP contribution is 2.37. The first-order valence-corrected chi connectivity index (χ1v) is 7.93.